The highest BCUT2D eigenvalue weighted by molar-refractivity contribution is 5.90. The second-order valence-electron chi connectivity index (χ2n) is 5.23. The Morgan fingerprint density at radius 2 is 2.05 bits per heavy atom. The molecule has 20 heavy (non-hydrogen) atoms. The lowest BCUT2D eigenvalue weighted by Crippen LogP contribution is -2.22. The number of aromatic nitrogens is 2. The molecule has 0 spiro atoms. The van der Waals surface area contributed by atoms with Crippen molar-refractivity contribution in [2.24, 2.45) is 5.92 Å². The van der Waals surface area contributed by atoms with Crippen molar-refractivity contribution in [2.75, 3.05) is 23.7 Å². The van der Waals surface area contributed by atoms with Gasteiger partial charge in [0, 0.05) is 18.5 Å². The molecule has 1 heterocycles. The van der Waals surface area contributed by atoms with Gasteiger partial charge in [0.05, 0.1) is 11.6 Å². The van der Waals surface area contributed by atoms with E-state index < -0.39 is 0 Å². The van der Waals surface area contributed by atoms with Gasteiger partial charge in [0.15, 0.2) is 0 Å². The molecule has 1 unspecified atom stereocenters. The normalized spacial score (nSPS) is 16.1. The fourth-order valence-corrected chi connectivity index (χ4v) is 2.30. The van der Waals surface area contributed by atoms with Crippen molar-refractivity contribution in [1.82, 2.24) is 9.97 Å². The molecule has 0 radical (unpaired) electrons. The minimum atomic E-state index is -0.286. The summed E-state index contributed by atoms with van der Waals surface area (Å²) >= 11 is 0. The van der Waals surface area contributed by atoms with Gasteiger partial charge in [-0.15, -0.1) is 0 Å². The predicted molar refractivity (Wildman–Crippen MR) is 80.9 cm³/mol. The van der Waals surface area contributed by atoms with Crippen LogP contribution in [0.2, 0.25) is 0 Å². The number of aliphatic hydroxyl groups excluding tert-OH is 1. The van der Waals surface area contributed by atoms with Crippen LogP contribution in [0, 0.1) is 5.92 Å². The van der Waals surface area contributed by atoms with Gasteiger partial charge in [0.1, 0.15) is 5.82 Å². The summed E-state index contributed by atoms with van der Waals surface area (Å²) in [5, 5.41) is 17.4. The molecule has 1 aromatic heterocycles. The van der Waals surface area contributed by atoms with Crippen molar-refractivity contribution >= 4 is 22.7 Å². The SMILES string of the molecule is CCNc1nc(NCC(O)C2CC2)c2ccccc2n1. The van der Waals surface area contributed by atoms with Crippen LogP contribution in [0.25, 0.3) is 10.9 Å². The quantitative estimate of drug-likeness (QED) is 0.752. The topological polar surface area (TPSA) is 70.1 Å². The minimum Gasteiger partial charge on any atom is -0.391 e. The molecule has 0 aliphatic heterocycles. The Morgan fingerprint density at radius 1 is 1.25 bits per heavy atom. The lowest BCUT2D eigenvalue weighted by atomic mass is 10.2. The third-order valence-corrected chi connectivity index (χ3v) is 3.58. The average Bonchev–Trinajstić information content (AvgIpc) is 3.29. The van der Waals surface area contributed by atoms with Crippen LogP contribution in [0.5, 0.6) is 0 Å². The third-order valence-electron chi connectivity index (χ3n) is 3.58. The Morgan fingerprint density at radius 3 is 2.80 bits per heavy atom. The zero-order valence-electron chi connectivity index (χ0n) is 11.6. The maximum absolute atomic E-state index is 9.97. The number of benzene rings is 1. The maximum Gasteiger partial charge on any atom is 0.225 e. The van der Waals surface area contributed by atoms with Gasteiger partial charge in [-0.3, -0.25) is 0 Å². The fourth-order valence-electron chi connectivity index (χ4n) is 2.30. The summed E-state index contributed by atoms with van der Waals surface area (Å²) in [5.74, 6) is 1.87. The zero-order chi connectivity index (χ0) is 13.9. The van der Waals surface area contributed by atoms with Gasteiger partial charge < -0.3 is 15.7 Å². The molecule has 3 N–H and O–H groups in total. The average molecular weight is 272 g/mol. The Labute approximate surface area is 118 Å². The lowest BCUT2D eigenvalue weighted by Gasteiger charge is -2.14. The summed E-state index contributed by atoms with van der Waals surface area (Å²) in [5.41, 5.74) is 0.905. The number of aliphatic hydroxyl groups is 1. The first-order valence-corrected chi connectivity index (χ1v) is 7.20. The second-order valence-corrected chi connectivity index (χ2v) is 5.23. The van der Waals surface area contributed by atoms with E-state index in [-0.39, 0.29) is 6.10 Å². The second kappa shape index (κ2) is 5.63. The highest BCUT2D eigenvalue weighted by Gasteiger charge is 2.29. The summed E-state index contributed by atoms with van der Waals surface area (Å²) < 4.78 is 0. The van der Waals surface area contributed by atoms with Crippen molar-refractivity contribution in [2.45, 2.75) is 25.9 Å². The highest BCUT2D eigenvalue weighted by atomic mass is 16.3. The van der Waals surface area contributed by atoms with Gasteiger partial charge in [-0.25, -0.2) is 4.98 Å². The Kier molecular flexibility index (Phi) is 3.69. The lowest BCUT2D eigenvalue weighted by molar-refractivity contribution is 0.164. The van der Waals surface area contributed by atoms with Crippen LogP contribution in [-0.4, -0.2) is 34.3 Å². The van der Waals surface area contributed by atoms with E-state index in [0.717, 1.165) is 36.1 Å². The molecule has 3 rings (SSSR count). The van der Waals surface area contributed by atoms with Gasteiger partial charge in [0.25, 0.3) is 0 Å². The number of hydrogen-bond acceptors (Lipinski definition) is 5. The van der Waals surface area contributed by atoms with E-state index in [2.05, 4.69) is 20.6 Å². The number of nitrogens with one attached hydrogen (secondary N) is 2. The van der Waals surface area contributed by atoms with E-state index in [1.807, 2.05) is 31.2 Å². The number of anilines is 2. The van der Waals surface area contributed by atoms with E-state index in [0.29, 0.717) is 18.4 Å². The zero-order valence-corrected chi connectivity index (χ0v) is 11.6. The standard InChI is InChI=1S/C15H20N4O/c1-2-16-15-18-12-6-4-3-5-11(12)14(19-15)17-9-13(20)10-7-8-10/h3-6,10,13,20H,2,7-9H2,1H3,(H2,16,17,18,19). The molecule has 1 aliphatic carbocycles. The van der Waals surface area contributed by atoms with Crippen molar-refractivity contribution in [3.05, 3.63) is 24.3 Å². The fraction of sp³-hybridized carbons (Fsp3) is 0.467. The number of nitrogens with zero attached hydrogens (tertiary/aromatic N) is 2. The molecule has 5 nitrogen and oxygen atoms in total. The molecule has 1 fully saturated rings. The monoisotopic (exact) mass is 272 g/mol. The van der Waals surface area contributed by atoms with E-state index in [1.54, 1.807) is 0 Å². The van der Waals surface area contributed by atoms with Crippen molar-refractivity contribution in [1.29, 1.82) is 0 Å². The molecule has 1 atom stereocenters. The molecular formula is C15H20N4O. The summed E-state index contributed by atoms with van der Waals surface area (Å²) in [6.07, 6.45) is 1.98. The van der Waals surface area contributed by atoms with Crippen LogP contribution in [0.15, 0.2) is 24.3 Å². The van der Waals surface area contributed by atoms with Crippen molar-refractivity contribution in [3.8, 4) is 0 Å². The molecule has 1 aliphatic rings. The van der Waals surface area contributed by atoms with Crippen LogP contribution in [0.3, 0.4) is 0 Å². The van der Waals surface area contributed by atoms with Crippen molar-refractivity contribution < 1.29 is 5.11 Å². The molecule has 0 saturated heterocycles. The Bertz CT molecular complexity index is 597. The van der Waals surface area contributed by atoms with Crippen LogP contribution in [0.4, 0.5) is 11.8 Å². The van der Waals surface area contributed by atoms with Crippen molar-refractivity contribution in [3.63, 3.8) is 0 Å². The molecular weight excluding hydrogens is 252 g/mol. The first-order valence-electron chi connectivity index (χ1n) is 7.20. The van der Waals surface area contributed by atoms with Crippen LogP contribution >= 0.6 is 0 Å². The number of rotatable bonds is 6. The van der Waals surface area contributed by atoms with Crippen LogP contribution in [0.1, 0.15) is 19.8 Å². The smallest absolute Gasteiger partial charge is 0.225 e. The molecule has 5 heteroatoms. The van der Waals surface area contributed by atoms with Gasteiger partial charge in [-0.1, -0.05) is 12.1 Å². The largest absolute Gasteiger partial charge is 0.391 e. The summed E-state index contributed by atoms with van der Waals surface area (Å²) in [6.45, 7) is 3.34. The first kappa shape index (κ1) is 13.1. The number of fused-ring (bicyclic) bond motifs is 1. The molecule has 0 amide bonds. The Balaban J connectivity index is 1.85. The van der Waals surface area contributed by atoms with Gasteiger partial charge in [-0.2, -0.15) is 4.98 Å². The van der Waals surface area contributed by atoms with Gasteiger partial charge >= 0.3 is 0 Å². The molecule has 1 aromatic carbocycles. The summed E-state index contributed by atoms with van der Waals surface area (Å²) in [4.78, 5) is 8.97. The molecule has 106 valence electrons. The molecule has 0 bridgehead atoms. The minimum absolute atomic E-state index is 0.286. The molecule has 1 saturated carbocycles. The van der Waals surface area contributed by atoms with Gasteiger partial charge in [-0.05, 0) is 37.8 Å². The van der Waals surface area contributed by atoms with E-state index in [4.69, 9.17) is 0 Å². The van der Waals surface area contributed by atoms with E-state index in [1.165, 1.54) is 0 Å². The van der Waals surface area contributed by atoms with Crippen LogP contribution in [-0.2, 0) is 0 Å². The maximum atomic E-state index is 9.97. The number of hydrogen-bond donors (Lipinski definition) is 3. The van der Waals surface area contributed by atoms with E-state index >= 15 is 0 Å². The highest BCUT2D eigenvalue weighted by Crippen LogP contribution is 2.32. The predicted octanol–water partition coefficient (Wildman–Crippen LogP) is 2.24. The third kappa shape index (κ3) is 2.82. The summed E-state index contributed by atoms with van der Waals surface area (Å²) in [7, 11) is 0. The van der Waals surface area contributed by atoms with Crippen LogP contribution < -0.4 is 10.6 Å². The molecule has 2 aromatic rings. The summed E-state index contributed by atoms with van der Waals surface area (Å²) in [6, 6.07) is 7.91. The van der Waals surface area contributed by atoms with E-state index in [9.17, 15) is 5.11 Å². The van der Waals surface area contributed by atoms with Gasteiger partial charge in [0.2, 0.25) is 5.95 Å². The Hall–Kier alpha value is -1.88. The number of para-hydroxylation sites is 1. The first-order chi connectivity index (χ1) is 9.78.